The van der Waals surface area contributed by atoms with Gasteiger partial charge in [-0.1, -0.05) is 18.6 Å². The number of hydrogen-bond acceptors (Lipinski definition) is 8. The minimum Gasteiger partial charge on any atom is -0.495 e. The van der Waals surface area contributed by atoms with Gasteiger partial charge in [0, 0.05) is 42.3 Å². The molecule has 45 heavy (non-hydrogen) atoms. The predicted molar refractivity (Wildman–Crippen MR) is 170 cm³/mol. The molecule has 1 saturated heterocycles. The molecule has 1 saturated carbocycles. The van der Waals surface area contributed by atoms with E-state index in [0.717, 1.165) is 36.8 Å². The fourth-order valence-electron chi connectivity index (χ4n) is 6.13. The number of fused-ring (bicyclic) bond motifs is 1. The summed E-state index contributed by atoms with van der Waals surface area (Å²) >= 11 is 0. The summed E-state index contributed by atoms with van der Waals surface area (Å²) in [5.74, 6) is 3.11. The molecular weight excluding hydrogens is 604 g/mol. The first-order chi connectivity index (χ1) is 21.4. The van der Waals surface area contributed by atoms with Crippen molar-refractivity contribution < 1.29 is 32.1 Å². The number of methoxy groups -OCH3 is 1. The van der Waals surface area contributed by atoms with Crippen LogP contribution < -0.4 is 20.5 Å². The number of sulfonamides is 1. The molecule has 6 N–H and O–H groups in total. The summed E-state index contributed by atoms with van der Waals surface area (Å²) in [5.41, 5.74) is 2.36. The molecule has 3 aromatic rings. The quantitative estimate of drug-likeness (QED) is 0.167. The third-order valence-corrected chi connectivity index (χ3v) is 9.47. The molecule has 13 heteroatoms. The number of nitrogens with one attached hydrogen (secondary N) is 2. The van der Waals surface area contributed by atoms with Crippen LogP contribution >= 0.6 is 0 Å². The number of β-amino-alcohol motifs (C(OH)–C–C–N with tert-alkyl or cyclic N) is 2. The number of ether oxygens (including phenoxy) is 1. The minimum absolute atomic E-state index is 0.0904. The molecule has 0 amide bonds. The highest BCUT2D eigenvalue weighted by Crippen LogP contribution is 2.33. The van der Waals surface area contributed by atoms with Gasteiger partial charge in [0.2, 0.25) is 10.0 Å². The fraction of sp³-hybridized carbons (Fsp3) is 0.438. The number of aliphatic hydroxyl groups is 2. The molecular formula is C32H39F2N5O5S. The van der Waals surface area contributed by atoms with Crippen LogP contribution in [0.3, 0.4) is 0 Å². The van der Waals surface area contributed by atoms with E-state index in [4.69, 9.17) is 9.88 Å². The Morgan fingerprint density at radius 1 is 1.11 bits per heavy atom. The maximum Gasteiger partial charge on any atom is 0.283 e. The maximum atomic E-state index is 14.6. The smallest absolute Gasteiger partial charge is 0.283 e. The predicted octanol–water partition coefficient (Wildman–Crippen LogP) is 3.34. The van der Waals surface area contributed by atoms with Crippen LogP contribution in [0.4, 0.5) is 20.2 Å². The number of primary sulfonamides is 1. The Kier molecular flexibility index (Phi) is 9.71. The number of hydrogen-bond donors (Lipinski definition) is 5. The SMILES string of the molecule is C=CC(F)(F)Cn1c(C#CCNc2ccc(S(N)(=O)=O)cc2OC)cc2c(N[C@H]3CC[C@@H](N4C[C@H](O)[C@@H](O)C4)CC3)cccc21. The van der Waals surface area contributed by atoms with Crippen molar-refractivity contribution in [3.05, 3.63) is 60.8 Å². The third-order valence-electron chi connectivity index (χ3n) is 8.56. The molecule has 0 bridgehead atoms. The summed E-state index contributed by atoms with van der Waals surface area (Å²) < 4.78 is 59.3. The van der Waals surface area contributed by atoms with Crippen LogP contribution in [0.1, 0.15) is 31.4 Å². The fourth-order valence-corrected chi connectivity index (χ4v) is 6.66. The topological polar surface area (TPSA) is 142 Å². The number of aromatic nitrogens is 1. The molecule has 10 nitrogen and oxygen atoms in total. The number of nitrogens with zero attached hydrogens (tertiary/aromatic N) is 2. The molecule has 1 aromatic heterocycles. The molecule has 1 aliphatic heterocycles. The summed E-state index contributed by atoms with van der Waals surface area (Å²) in [5, 5.41) is 32.5. The second-order valence-electron chi connectivity index (χ2n) is 11.6. The number of nitrogens with two attached hydrogens (primary N) is 1. The van der Waals surface area contributed by atoms with Gasteiger partial charge in [0.15, 0.2) is 0 Å². The number of likely N-dealkylation sites (tertiary alicyclic amines) is 1. The van der Waals surface area contributed by atoms with Crippen molar-refractivity contribution in [1.82, 2.24) is 9.47 Å². The molecule has 2 fully saturated rings. The van der Waals surface area contributed by atoms with Crippen LogP contribution in [0, 0.1) is 11.8 Å². The van der Waals surface area contributed by atoms with Gasteiger partial charge in [-0.3, -0.25) is 4.90 Å². The Morgan fingerprint density at radius 2 is 1.82 bits per heavy atom. The zero-order valence-corrected chi connectivity index (χ0v) is 25.9. The number of benzene rings is 2. The van der Waals surface area contributed by atoms with Gasteiger partial charge < -0.3 is 30.2 Å². The molecule has 0 unspecified atom stereocenters. The van der Waals surface area contributed by atoms with Crippen molar-refractivity contribution >= 4 is 32.3 Å². The Bertz CT molecular complexity index is 1700. The highest BCUT2D eigenvalue weighted by atomic mass is 32.2. The monoisotopic (exact) mass is 643 g/mol. The Morgan fingerprint density at radius 3 is 2.47 bits per heavy atom. The van der Waals surface area contributed by atoms with Gasteiger partial charge in [-0.2, -0.15) is 0 Å². The van der Waals surface area contributed by atoms with Crippen molar-refractivity contribution in [1.29, 1.82) is 0 Å². The standard InChI is InChI=1S/C32H39F2N5O5S/c1-3-32(33,34)20-39-23(6-5-15-36-27-14-13-24(45(35,42)43)17-31(27)44-2)16-25-26(7-4-8-28(25)39)37-21-9-11-22(12-10-21)38-18-29(40)30(41)19-38/h3-4,7-8,13-14,16-17,21-22,29-30,36-37,40-41H,1,9-12,15,18-20H2,2H3,(H2,35,42,43)/t21-,22+,29-,30-/m0/s1. The summed E-state index contributed by atoms with van der Waals surface area (Å²) in [4.78, 5) is 2.08. The van der Waals surface area contributed by atoms with Gasteiger partial charge >= 0.3 is 0 Å². The minimum atomic E-state index is -3.90. The molecule has 242 valence electrons. The lowest BCUT2D eigenvalue weighted by Crippen LogP contribution is -2.39. The number of anilines is 2. The lowest BCUT2D eigenvalue weighted by molar-refractivity contribution is 0.0375. The average Bonchev–Trinajstić information content (AvgIpc) is 3.53. The van der Waals surface area contributed by atoms with E-state index in [-0.39, 0.29) is 23.2 Å². The van der Waals surface area contributed by atoms with E-state index in [0.29, 0.717) is 42.1 Å². The van der Waals surface area contributed by atoms with Gasteiger partial charge in [-0.05, 0) is 68.0 Å². The molecule has 2 aromatic carbocycles. The van der Waals surface area contributed by atoms with Crippen molar-refractivity contribution in [3.8, 4) is 17.6 Å². The second-order valence-corrected chi connectivity index (χ2v) is 13.2. The van der Waals surface area contributed by atoms with Crippen LogP contribution in [-0.4, -0.2) is 85.1 Å². The number of allylic oxidation sites excluding steroid dienone is 1. The summed E-state index contributed by atoms with van der Waals surface area (Å²) in [6.45, 7) is 3.78. The molecule has 1 aliphatic carbocycles. The normalized spacial score (nSPS) is 22.5. The second kappa shape index (κ2) is 13.4. The van der Waals surface area contributed by atoms with Crippen molar-refractivity contribution in [2.75, 3.05) is 37.4 Å². The highest BCUT2D eigenvalue weighted by molar-refractivity contribution is 7.89. The van der Waals surface area contributed by atoms with Crippen LogP contribution in [0.15, 0.2) is 60.0 Å². The van der Waals surface area contributed by atoms with Gasteiger partial charge in [0.05, 0.1) is 54.2 Å². The Balaban J connectivity index is 1.34. The zero-order valence-electron chi connectivity index (χ0n) is 25.0. The van der Waals surface area contributed by atoms with Crippen LogP contribution in [0.5, 0.6) is 5.75 Å². The molecule has 2 atom stereocenters. The lowest BCUT2D eigenvalue weighted by Gasteiger charge is -2.35. The van der Waals surface area contributed by atoms with Gasteiger partial charge in [0.25, 0.3) is 5.92 Å². The van der Waals surface area contributed by atoms with Crippen molar-refractivity contribution in [2.24, 2.45) is 5.14 Å². The van der Waals surface area contributed by atoms with E-state index in [1.54, 1.807) is 6.07 Å². The van der Waals surface area contributed by atoms with Crippen molar-refractivity contribution in [2.45, 2.75) is 67.3 Å². The van der Waals surface area contributed by atoms with E-state index < -0.39 is 34.7 Å². The van der Waals surface area contributed by atoms with E-state index in [9.17, 15) is 27.4 Å². The van der Waals surface area contributed by atoms with E-state index in [1.165, 1.54) is 29.9 Å². The first-order valence-electron chi connectivity index (χ1n) is 14.8. The van der Waals surface area contributed by atoms with Gasteiger partial charge in [-0.15, -0.1) is 0 Å². The summed E-state index contributed by atoms with van der Waals surface area (Å²) in [6.07, 6.45) is 2.90. The Labute approximate surface area is 261 Å². The summed E-state index contributed by atoms with van der Waals surface area (Å²) in [7, 11) is -2.50. The molecule has 2 heterocycles. The molecule has 2 aliphatic rings. The van der Waals surface area contributed by atoms with Crippen LogP contribution in [0.2, 0.25) is 0 Å². The third kappa shape index (κ3) is 7.59. The first kappa shape index (κ1) is 32.7. The Hall–Kier alpha value is -3.67. The zero-order chi connectivity index (χ0) is 32.4. The average molecular weight is 644 g/mol. The largest absolute Gasteiger partial charge is 0.495 e. The number of alkyl halides is 2. The van der Waals surface area contributed by atoms with E-state index in [2.05, 4.69) is 34.0 Å². The molecule has 0 spiro atoms. The maximum absolute atomic E-state index is 14.6. The molecule has 0 radical (unpaired) electrons. The van der Waals surface area contributed by atoms with Crippen molar-refractivity contribution in [3.63, 3.8) is 0 Å². The number of halogens is 2. The van der Waals surface area contributed by atoms with E-state index >= 15 is 0 Å². The van der Waals surface area contributed by atoms with Crippen LogP contribution in [0.25, 0.3) is 10.9 Å². The summed E-state index contributed by atoms with van der Waals surface area (Å²) in [6, 6.07) is 12.1. The van der Waals surface area contributed by atoms with Crippen LogP contribution in [-0.2, 0) is 16.6 Å². The highest BCUT2D eigenvalue weighted by Gasteiger charge is 2.35. The number of aliphatic hydroxyl groups excluding tert-OH is 2. The van der Waals surface area contributed by atoms with E-state index in [1.807, 2.05) is 18.2 Å². The first-order valence-corrected chi connectivity index (χ1v) is 16.4. The number of rotatable bonds is 10. The molecule has 5 rings (SSSR count). The van der Waals surface area contributed by atoms with Gasteiger partial charge in [-0.25, -0.2) is 22.3 Å². The van der Waals surface area contributed by atoms with Gasteiger partial charge in [0.1, 0.15) is 5.75 Å². The lowest BCUT2D eigenvalue weighted by atomic mass is 9.90.